The summed E-state index contributed by atoms with van der Waals surface area (Å²) < 4.78 is 0. The van der Waals surface area contributed by atoms with Gasteiger partial charge in [-0.05, 0) is 49.8 Å². The van der Waals surface area contributed by atoms with Gasteiger partial charge in [0, 0.05) is 25.3 Å². The number of benzene rings is 1. The summed E-state index contributed by atoms with van der Waals surface area (Å²) in [5.74, 6) is -0.917. The molecule has 1 aromatic rings. The van der Waals surface area contributed by atoms with Crippen LogP contribution in [0.3, 0.4) is 0 Å². The summed E-state index contributed by atoms with van der Waals surface area (Å²) in [5.41, 5.74) is 1.89. The Morgan fingerprint density at radius 3 is 2.48 bits per heavy atom. The van der Waals surface area contributed by atoms with E-state index in [0.29, 0.717) is 12.1 Å². The molecule has 1 fully saturated rings. The Hall–Kier alpha value is -2.04. The molecule has 1 N–H and O–H groups in total. The topological polar surface area (TPSA) is 60.9 Å². The van der Waals surface area contributed by atoms with Crippen molar-refractivity contribution in [1.82, 2.24) is 4.90 Å². The first-order valence-corrected chi connectivity index (χ1v) is 7.60. The van der Waals surface area contributed by atoms with Crippen molar-refractivity contribution < 1.29 is 14.7 Å². The second kappa shape index (κ2) is 5.76. The zero-order valence-corrected chi connectivity index (χ0v) is 12.0. The Balaban J connectivity index is 1.91. The van der Waals surface area contributed by atoms with Crippen molar-refractivity contribution in [1.29, 1.82) is 0 Å². The zero-order chi connectivity index (χ0) is 14.8. The highest BCUT2D eigenvalue weighted by atomic mass is 16.4. The Bertz CT molecular complexity index is 565. The highest BCUT2D eigenvalue weighted by Crippen LogP contribution is 2.31. The number of carboxylic acid groups (broad SMARTS) is 1. The first-order chi connectivity index (χ1) is 10.2. The number of carbonyl (C=O) groups excluding carboxylic acids is 1. The van der Waals surface area contributed by atoms with Crippen LogP contribution in [0.1, 0.15) is 41.6 Å². The maximum absolute atomic E-state index is 12.7. The van der Waals surface area contributed by atoms with E-state index in [-0.39, 0.29) is 6.03 Å². The van der Waals surface area contributed by atoms with Gasteiger partial charge in [0.2, 0.25) is 0 Å². The van der Waals surface area contributed by atoms with Crippen LogP contribution in [-0.4, -0.2) is 41.6 Å². The van der Waals surface area contributed by atoms with Crippen LogP contribution in [0.25, 0.3) is 0 Å². The largest absolute Gasteiger partial charge is 0.478 e. The van der Waals surface area contributed by atoms with Gasteiger partial charge < -0.3 is 10.0 Å². The van der Waals surface area contributed by atoms with E-state index in [9.17, 15) is 14.7 Å². The fraction of sp³-hybridized carbons (Fsp3) is 0.500. The van der Waals surface area contributed by atoms with Crippen LogP contribution in [0.5, 0.6) is 0 Å². The van der Waals surface area contributed by atoms with Gasteiger partial charge in [0.25, 0.3) is 0 Å². The van der Waals surface area contributed by atoms with E-state index in [0.717, 1.165) is 50.0 Å². The molecule has 0 atom stereocenters. The summed E-state index contributed by atoms with van der Waals surface area (Å²) in [5, 5.41) is 9.30. The van der Waals surface area contributed by atoms with E-state index in [1.165, 1.54) is 6.42 Å². The molecule has 1 aromatic carbocycles. The number of carboxylic acids is 1. The van der Waals surface area contributed by atoms with Crippen molar-refractivity contribution in [2.75, 3.05) is 24.5 Å². The number of nitrogens with zero attached hydrogens (tertiary/aromatic N) is 2. The van der Waals surface area contributed by atoms with Crippen molar-refractivity contribution in [3.05, 3.63) is 29.3 Å². The first-order valence-electron chi connectivity index (χ1n) is 7.60. The number of anilines is 1. The minimum absolute atomic E-state index is 0.0261. The van der Waals surface area contributed by atoms with Crippen molar-refractivity contribution >= 4 is 17.7 Å². The summed E-state index contributed by atoms with van der Waals surface area (Å²) in [6, 6.07) is 5.24. The predicted octanol–water partition coefficient (Wildman–Crippen LogP) is 2.74. The quantitative estimate of drug-likeness (QED) is 0.864. The summed E-state index contributed by atoms with van der Waals surface area (Å²) in [6.45, 7) is 2.29. The highest BCUT2D eigenvalue weighted by molar-refractivity contribution is 5.97. The number of urea groups is 1. The fourth-order valence-electron chi connectivity index (χ4n) is 3.28. The van der Waals surface area contributed by atoms with Crippen LogP contribution in [0.2, 0.25) is 0 Å². The van der Waals surface area contributed by atoms with Crippen molar-refractivity contribution in [3.63, 3.8) is 0 Å². The van der Waals surface area contributed by atoms with Crippen LogP contribution < -0.4 is 4.90 Å². The highest BCUT2D eigenvalue weighted by Gasteiger charge is 2.29. The van der Waals surface area contributed by atoms with Crippen LogP contribution in [0.15, 0.2) is 18.2 Å². The smallest absolute Gasteiger partial charge is 0.336 e. The van der Waals surface area contributed by atoms with E-state index in [1.807, 2.05) is 11.0 Å². The number of carbonyl (C=O) groups is 2. The molecule has 112 valence electrons. The third-order valence-corrected chi connectivity index (χ3v) is 4.34. The van der Waals surface area contributed by atoms with Gasteiger partial charge in [0.1, 0.15) is 0 Å². The summed E-state index contributed by atoms with van der Waals surface area (Å²) in [4.78, 5) is 27.7. The molecule has 1 saturated heterocycles. The van der Waals surface area contributed by atoms with Crippen molar-refractivity contribution in [2.45, 2.75) is 32.1 Å². The molecule has 0 unspecified atom stereocenters. The Morgan fingerprint density at radius 2 is 1.76 bits per heavy atom. The lowest BCUT2D eigenvalue weighted by molar-refractivity contribution is 0.0695. The molecular formula is C16H20N2O3. The summed E-state index contributed by atoms with van der Waals surface area (Å²) in [7, 11) is 0. The molecule has 21 heavy (non-hydrogen) atoms. The third-order valence-electron chi connectivity index (χ3n) is 4.34. The maximum Gasteiger partial charge on any atom is 0.336 e. The second-order valence-electron chi connectivity index (χ2n) is 5.69. The van der Waals surface area contributed by atoms with Crippen LogP contribution in [0.4, 0.5) is 10.5 Å². The zero-order valence-electron chi connectivity index (χ0n) is 12.0. The first kappa shape index (κ1) is 13.9. The van der Waals surface area contributed by atoms with E-state index in [2.05, 4.69) is 0 Å². The van der Waals surface area contributed by atoms with Crippen LogP contribution >= 0.6 is 0 Å². The normalized spacial score (nSPS) is 18.3. The number of amides is 2. The second-order valence-corrected chi connectivity index (χ2v) is 5.69. The van der Waals surface area contributed by atoms with Gasteiger partial charge in [0.15, 0.2) is 0 Å². The molecule has 0 bridgehead atoms. The fourth-order valence-corrected chi connectivity index (χ4v) is 3.28. The maximum atomic E-state index is 12.7. The van der Waals surface area contributed by atoms with Gasteiger partial charge in [0.05, 0.1) is 5.56 Å². The number of fused-ring (bicyclic) bond motifs is 1. The summed E-state index contributed by atoms with van der Waals surface area (Å²) >= 11 is 0. The van der Waals surface area contributed by atoms with Gasteiger partial charge in [-0.15, -0.1) is 0 Å². The van der Waals surface area contributed by atoms with Gasteiger partial charge >= 0.3 is 12.0 Å². The monoisotopic (exact) mass is 288 g/mol. The summed E-state index contributed by atoms with van der Waals surface area (Å²) in [6.07, 6.45) is 4.84. The van der Waals surface area contributed by atoms with Crippen molar-refractivity contribution in [3.8, 4) is 0 Å². The van der Waals surface area contributed by atoms with E-state index < -0.39 is 5.97 Å². The standard InChI is InChI=1S/C16H20N2O3/c19-15(20)13-6-4-8-14-12(13)7-5-11-18(14)16(21)17-9-2-1-3-10-17/h4,6,8H,1-3,5,7,9-11H2,(H,19,20). The Morgan fingerprint density at radius 1 is 1.00 bits per heavy atom. The van der Waals surface area contributed by atoms with Crippen LogP contribution in [-0.2, 0) is 6.42 Å². The van der Waals surface area contributed by atoms with Gasteiger partial charge in [-0.1, -0.05) is 6.07 Å². The molecular weight excluding hydrogens is 268 g/mol. The molecule has 0 radical (unpaired) electrons. The molecule has 5 heteroatoms. The lowest BCUT2D eigenvalue weighted by Gasteiger charge is -2.36. The number of rotatable bonds is 1. The van der Waals surface area contributed by atoms with E-state index in [1.54, 1.807) is 17.0 Å². The number of piperidine rings is 1. The molecule has 0 spiro atoms. The van der Waals surface area contributed by atoms with Crippen molar-refractivity contribution in [2.24, 2.45) is 0 Å². The van der Waals surface area contributed by atoms with Gasteiger partial charge in [-0.2, -0.15) is 0 Å². The minimum Gasteiger partial charge on any atom is -0.478 e. The average Bonchev–Trinajstić information content (AvgIpc) is 2.53. The average molecular weight is 288 g/mol. The third kappa shape index (κ3) is 2.60. The minimum atomic E-state index is -0.917. The van der Waals surface area contributed by atoms with Crippen LogP contribution in [0, 0.1) is 0 Å². The predicted molar refractivity (Wildman–Crippen MR) is 79.9 cm³/mol. The molecule has 2 aliphatic rings. The van der Waals surface area contributed by atoms with Gasteiger partial charge in [-0.3, -0.25) is 4.90 Å². The molecule has 2 amide bonds. The molecule has 2 heterocycles. The number of hydrogen-bond acceptors (Lipinski definition) is 2. The van der Waals surface area contributed by atoms with Gasteiger partial charge in [-0.25, -0.2) is 9.59 Å². The molecule has 5 nitrogen and oxygen atoms in total. The Kier molecular flexibility index (Phi) is 3.82. The van der Waals surface area contributed by atoms with E-state index >= 15 is 0 Å². The molecule has 0 aromatic heterocycles. The number of hydrogen-bond donors (Lipinski definition) is 1. The SMILES string of the molecule is O=C(O)c1cccc2c1CCCN2C(=O)N1CCCCC1. The molecule has 0 saturated carbocycles. The Labute approximate surface area is 124 Å². The molecule has 2 aliphatic heterocycles. The molecule has 3 rings (SSSR count). The lowest BCUT2D eigenvalue weighted by Crippen LogP contribution is -2.47. The number of likely N-dealkylation sites (tertiary alicyclic amines) is 1. The lowest BCUT2D eigenvalue weighted by atomic mass is 9.96. The number of aromatic carboxylic acids is 1. The van der Waals surface area contributed by atoms with E-state index in [4.69, 9.17) is 0 Å². The molecule has 0 aliphatic carbocycles.